The van der Waals surface area contributed by atoms with Gasteiger partial charge in [0.05, 0.1) is 28.0 Å². The standard InChI is InChI=1S/C16H20N2O3S/c1-21-16-4-2-10(19)8-14(16)18(6-5-16)15(20)12-9-13-11(17-12)3-7-22-13/h3,7,9-10,14,17,19H,2,4-6,8H2,1H3/t10-,14-,16+/m0/s1. The Morgan fingerprint density at radius 1 is 1.55 bits per heavy atom. The number of hydrogen-bond donors (Lipinski definition) is 2. The third kappa shape index (κ3) is 2.01. The van der Waals surface area contributed by atoms with Gasteiger partial charge in [-0.25, -0.2) is 0 Å². The monoisotopic (exact) mass is 320 g/mol. The zero-order valence-electron chi connectivity index (χ0n) is 12.5. The molecule has 4 rings (SSSR count). The van der Waals surface area contributed by atoms with Crippen LogP contribution < -0.4 is 0 Å². The number of H-pyrrole nitrogens is 1. The number of rotatable bonds is 2. The SMILES string of the molecule is CO[C@@]12CC[C@H](O)C[C@@H]1N(C(=O)c1cc3sccc3[nH]1)CC2. The van der Waals surface area contributed by atoms with E-state index in [0.29, 0.717) is 18.7 Å². The number of nitrogens with zero attached hydrogens (tertiary/aromatic N) is 1. The molecule has 0 bridgehead atoms. The molecule has 1 aliphatic heterocycles. The summed E-state index contributed by atoms with van der Waals surface area (Å²) in [4.78, 5) is 18.0. The van der Waals surface area contributed by atoms with Crippen LogP contribution in [-0.4, -0.2) is 52.3 Å². The number of likely N-dealkylation sites (tertiary alicyclic amines) is 1. The molecule has 1 saturated carbocycles. The van der Waals surface area contributed by atoms with Crippen molar-refractivity contribution in [2.24, 2.45) is 0 Å². The number of aromatic nitrogens is 1. The highest BCUT2D eigenvalue weighted by Gasteiger charge is 2.52. The van der Waals surface area contributed by atoms with Crippen molar-refractivity contribution in [3.8, 4) is 0 Å². The lowest BCUT2D eigenvalue weighted by Gasteiger charge is -2.42. The van der Waals surface area contributed by atoms with E-state index in [1.54, 1.807) is 18.4 Å². The molecule has 1 aliphatic carbocycles. The predicted molar refractivity (Wildman–Crippen MR) is 85.2 cm³/mol. The van der Waals surface area contributed by atoms with Gasteiger partial charge in [-0.3, -0.25) is 4.79 Å². The van der Waals surface area contributed by atoms with Crippen LogP contribution in [0.4, 0.5) is 0 Å². The Kier molecular flexibility index (Phi) is 3.29. The first kappa shape index (κ1) is 14.2. The number of thiophene rings is 1. The molecule has 0 unspecified atom stereocenters. The maximum atomic E-state index is 12.9. The fourth-order valence-electron chi connectivity index (χ4n) is 4.04. The Hall–Kier alpha value is -1.37. The van der Waals surface area contributed by atoms with Gasteiger partial charge in [0.25, 0.3) is 5.91 Å². The number of aliphatic hydroxyl groups excluding tert-OH is 1. The second kappa shape index (κ2) is 5.08. The van der Waals surface area contributed by atoms with Gasteiger partial charge < -0.3 is 19.7 Å². The molecular formula is C16H20N2O3S. The van der Waals surface area contributed by atoms with Gasteiger partial charge in [-0.05, 0) is 43.2 Å². The summed E-state index contributed by atoms with van der Waals surface area (Å²) in [6, 6.07) is 3.88. The Balaban J connectivity index is 1.64. The van der Waals surface area contributed by atoms with Crippen molar-refractivity contribution in [2.45, 2.75) is 43.4 Å². The van der Waals surface area contributed by atoms with Crippen molar-refractivity contribution in [2.75, 3.05) is 13.7 Å². The van der Waals surface area contributed by atoms with E-state index in [1.165, 1.54) is 0 Å². The fourth-order valence-corrected chi connectivity index (χ4v) is 4.82. The average Bonchev–Trinajstić information content (AvgIpc) is 3.19. The Labute approximate surface area is 132 Å². The molecule has 0 aromatic carbocycles. The number of aromatic amines is 1. The molecule has 5 nitrogen and oxygen atoms in total. The summed E-state index contributed by atoms with van der Waals surface area (Å²) in [7, 11) is 1.73. The van der Waals surface area contributed by atoms with Crippen LogP contribution in [-0.2, 0) is 4.74 Å². The third-order valence-corrected chi connectivity index (χ3v) is 6.16. The molecule has 1 amide bonds. The van der Waals surface area contributed by atoms with Gasteiger partial charge in [0, 0.05) is 13.7 Å². The van der Waals surface area contributed by atoms with Gasteiger partial charge in [-0.15, -0.1) is 11.3 Å². The van der Waals surface area contributed by atoms with Gasteiger partial charge in [0.1, 0.15) is 5.69 Å². The summed E-state index contributed by atoms with van der Waals surface area (Å²) in [5, 5.41) is 12.0. The van der Waals surface area contributed by atoms with Gasteiger partial charge in [-0.1, -0.05) is 0 Å². The van der Waals surface area contributed by atoms with Crippen molar-refractivity contribution in [3.63, 3.8) is 0 Å². The number of fused-ring (bicyclic) bond motifs is 2. The molecule has 0 spiro atoms. The van der Waals surface area contributed by atoms with E-state index in [1.807, 2.05) is 22.4 Å². The van der Waals surface area contributed by atoms with Crippen LogP contribution in [0.2, 0.25) is 0 Å². The summed E-state index contributed by atoms with van der Waals surface area (Å²) in [5.74, 6) is 0.0152. The van der Waals surface area contributed by atoms with Crippen LogP contribution in [0.1, 0.15) is 36.2 Å². The maximum Gasteiger partial charge on any atom is 0.270 e. The zero-order chi connectivity index (χ0) is 15.3. The summed E-state index contributed by atoms with van der Waals surface area (Å²) in [6.07, 6.45) is 2.69. The summed E-state index contributed by atoms with van der Waals surface area (Å²) >= 11 is 1.63. The van der Waals surface area contributed by atoms with E-state index in [-0.39, 0.29) is 23.7 Å². The summed E-state index contributed by atoms with van der Waals surface area (Å²) < 4.78 is 6.90. The molecular weight excluding hydrogens is 300 g/mol. The van der Waals surface area contributed by atoms with Gasteiger partial charge in [0.15, 0.2) is 0 Å². The van der Waals surface area contributed by atoms with Crippen molar-refractivity contribution in [1.82, 2.24) is 9.88 Å². The number of aliphatic hydroxyl groups is 1. The lowest BCUT2D eigenvalue weighted by Crippen LogP contribution is -2.52. The first-order valence-corrected chi connectivity index (χ1v) is 8.61. The second-order valence-electron chi connectivity index (χ2n) is 6.34. The van der Waals surface area contributed by atoms with E-state index in [2.05, 4.69) is 4.98 Å². The first-order valence-electron chi connectivity index (χ1n) is 7.73. The number of amides is 1. The fraction of sp³-hybridized carbons (Fsp3) is 0.562. The summed E-state index contributed by atoms with van der Waals surface area (Å²) in [5.41, 5.74) is 1.36. The van der Waals surface area contributed by atoms with Crippen LogP contribution in [0.25, 0.3) is 10.2 Å². The number of nitrogens with one attached hydrogen (secondary N) is 1. The highest BCUT2D eigenvalue weighted by Crippen LogP contribution is 2.43. The molecule has 118 valence electrons. The molecule has 0 radical (unpaired) electrons. The molecule has 1 saturated heterocycles. The Morgan fingerprint density at radius 2 is 2.41 bits per heavy atom. The molecule has 2 aliphatic rings. The van der Waals surface area contributed by atoms with Crippen molar-refractivity contribution in [3.05, 3.63) is 23.2 Å². The van der Waals surface area contributed by atoms with Crippen molar-refractivity contribution in [1.29, 1.82) is 0 Å². The molecule has 6 heteroatoms. The van der Waals surface area contributed by atoms with Gasteiger partial charge >= 0.3 is 0 Å². The molecule has 3 heterocycles. The van der Waals surface area contributed by atoms with Crippen LogP contribution in [0.5, 0.6) is 0 Å². The largest absolute Gasteiger partial charge is 0.393 e. The molecule has 22 heavy (non-hydrogen) atoms. The smallest absolute Gasteiger partial charge is 0.270 e. The Morgan fingerprint density at radius 3 is 3.18 bits per heavy atom. The topological polar surface area (TPSA) is 65.6 Å². The van der Waals surface area contributed by atoms with E-state index >= 15 is 0 Å². The number of methoxy groups -OCH3 is 1. The quantitative estimate of drug-likeness (QED) is 0.893. The third-order valence-electron chi connectivity index (χ3n) is 5.29. The average molecular weight is 320 g/mol. The maximum absolute atomic E-state index is 12.9. The normalized spacial score (nSPS) is 31.6. The molecule has 2 fully saturated rings. The van der Waals surface area contributed by atoms with E-state index in [4.69, 9.17) is 4.74 Å². The minimum absolute atomic E-state index is 0.0152. The molecule has 3 atom stereocenters. The van der Waals surface area contributed by atoms with Crippen LogP contribution in [0.15, 0.2) is 17.5 Å². The Bertz CT molecular complexity index is 681. The number of carbonyl (C=O) groups excluding carboxylic acids is 1. The van der Waals surface area contributed by atoms with Crippen molar-refractivity contribution >= 4 is 27.5 Å². The van der Waals surface area contributed by atoms with Crippen molar-refractivity contribution < 1.29 is 14.6 Å². The molecule has 2 aromatic heterocycles. The van der Waals surface area contributed by atoms with Crippen LogP contribution in [0, 0.1) is 0 Å². The van der Waals surface area contributed by atoms with Gasteiger partial charge in [0.2, 0.25) is 0 Å². The number of carbonyl (C=O) groups is 1. The van der Waals surface area contributed by atoms with Crippen LogP contribution in [0.3, 0.4) is 0 Å². The predicted octanol–water partition coefficient (Wildman–Crippen LogP) is 2.37. The van der Waals surface area contributed by atoms with E-state index < -0.39 is 0 Å². The number of ether oxygens (including phenoxy) is 1. The summed E-state index contributed by atoms with van der Waals surface area (Å²) in [6.45, 7) is 0.691. The lowest BCUT2D eigenvalue weighted by molar-refractivity contribution is -0.0824. The highest BCUT2D eigenvalue weighted by atomic mass is 32.1. The molecule has 2 aromatic rings. The first-order chi connectivity index (χ1) is 10.6. The van der Waals surface area contributed by atoms with E-state index in [9.17, 15) is 9.90 Å². The highest BCUT2D eigenvalue weighted by molar-refractivity contribution is 7.17. The van der Waals surface area contributed by atoms with E-state index in [0.717, 1.165) is 29.5 Å². The minimum Gasteiger partial charge on any atom is -0.393 e. The number of hydrogen-bond acceptors (Lipinski definition) is 4. The second-order valence-corrected chi connectivity index (χ2v) is 7.29. The lowest BCUT2D eigenvalue weighted by atomic mass is 9.79. The zero-order valence-corrected chi connectivity index (χ0v) is 13.4. The van der Waals surface area contributed by atoms with Gasteiger partial charge in [-0.2, -0.15) is 0 Å². The minimum atomic E-state index is -0.339. The molecule has 2 N–H and O–H groups in total. The van der Waals surface area contributed by atoms with Crippen LogP contribution >= 0.6 is 11.3 Å².